The van der Waals surface area contributed by atoms with Crippen LogP contribution in [-0.2, 0) is 17.6 Å². The van der Waals surface area contributed by atoms with E-state index >= 15 is 0 Å². The number of hydrogen-bond donors (Lipinski definition) is 2. The molecule has 0 saturated carbocycles. The van der Waals surface area contributed by atoms with Gasteiger partial charge in [0.05, 0.1) is 5.69 Å². The summed E-state index contributed by atoms with van der Waals surface area (Å²) in [5.74, 6) is 0.462. The Labute approximate surface area is 109 Å². The van der Waals surface area contributed by atoms with Gasteiger partial charge in [0.15, 0.2) is 0 Å². The van der Waals surface area contributed by atoms with Gasteiger partial charge in [-0.3, -0.25) is 9.48 Å². The highest BCUT2D eigenvalue weighted by atomic mass is 35.5. The van der Waals surface area contributed by atoms with Crippen LogP contribution in [0.3, 0.4) is 0 Å². The molecular formula is C10H16ClN3O2S. The van der Waals surface area contributed by atoms with Crippen LogP contribution in [-0.4, -0.2) is 32.7 Å². The van der Waals surface area contributed by atoms with Gasteiger partial charge >= 0.3 is 5.97 Å². The second-order valence-corrected chi connectivity index (χ2v) is 5.23. The first-order valence-corrected chi connectivity index (χ1v) is 6.70. The number of carboxylic acids is 1. The molecule has 1 aromatic rings. The molecule has 0 radical (unpaired) electrons. The van der Waals surface area contributed by atoms with Crippen LogP contribution >= 0.6 is 23.4 Å². The van der Waals surface area contributed by atoms with Gasteiger partial charge in [-0.05, 0) is 19.1 Å². The number of halogens is 1. The molecule has 96 valence electrons. The second-order valence-electron chi connectivity index (χ2n) is 3.76. The smallest absolute Gasteiger partial charge is 0.320 e. The van der Waals surface area contributed by atoms with Crippen LogP contribution in [0.4, 0.5) is 0 Å². The Balaban J connectivity index is 2.39. The van der Waals surface area contributed by atoms with Crippen molar-refractivity contribution in [2.75, 3.05) is 5.75 Å². The maximum Gasteiger partial charge on any atom is 0.320 e. The zero-order chi connectivity index (χ0) is 13.0. The standard InChI is InChI=1S/C10H16ClN3O2S/c1-6-7(9(11)14(2)13-6)5-17-4-3-8(12)10(15)16/h8H,3-5,12H2,1-2H3,(H,15,16). The van der Waals surface area contributed by atoms with Crippen molar-refractivity contribution < 1.29 is 9.90 Å². The zero-order valence-electron chi connectivity index (χ0n) is 9.81. The van der Waals surface area contributed by atoms with Gasteiger partial charge in [0.25, 0.3) is 0 Å². The molecule has 5 nitrogen and oxygen atoms in total. The van der Waals surface area contributed by atoms with E-state index in [2.05, 4.69) is 5.10 Å². The Morgan fingerprint density at radius 2 is 2.35 bits per heavy atom. The number of carbonyl (C=O) groups is 1. The molecule has 7 heteroatoms. The SMILES string of the molecule is Cc1nn(C)c(Cl)c1CSCCC(N)C(=O)O. The van der Waals surface area contributed by atoms with Crippen molar-refractivity contribution in [1.29, 1.82) is 0 Å². The van der Waals surface area contributed by atoms with Crippen LogP contribution < -0.4 is 5.73 Å². The van der Waals surface area contributed by atoms with Crippen LogP contribution in [0.5, 0.6) is 0 Å². The molecule has 0 spiro atoms. The maximum atomic E-state index is 10.5. The molecular weight excluding hydrogens is 262 g/mol. The van der Waals surface area contributed by atoms with Crippen molar-refractivity contribution in [3.63, 3.8) is 0 Å². The molecule has 1 rings (SSSR count). The molecule has 0 aromatic carbocycles. The predicted molar refractivity (Wildman–Crippen MR) is 69.3 cm³/mol. The summed E-state index contributed by atoms with van der Waals surface area (Å²) in [5, 5.41) is 13.5. The number of nitrogens with two attached hydrogens (primary N) is 1. The lowest BCUT2D eigenvalue weighted by Crippen LogP contribution is -2.30. The summed E-state index contributed by atoms with van der Waals surface area (Å²) in [5.41, 5.74) is 7.32. The molecule has 0 bridgehead atoms. The molecule has 0 saturated heterocycles. The summed E-state index contributed by atoms with van der Waals surface area (Å²) in [6, 6.07) is -0.784. The van der Waals surface area contributed by atoms with E-state index in [1.807, 2.05) is 6.92 Å². The first-order chi connectivity index (χ1) is 7.93. The van der Waals surface area contributed by atoms with Gasteiger partial charge < -0.3 is 10.8 Å². The lowest BCUT2D eigenvalue weighted by atomic mass is 10.2. The Morgan fingerprint density at radius 1 is 1.71 bits per heavy atom. The van der Waals surface area contributed by atoms with Crippen molar-refractivity contribution in [1.82, 2.24) is 9.78 Å². The number of aryl methyl sites for hydroxylation is 2. The van der Waals surface area contributed by atoms with E-state index in [4.69, 9.17) is 22.4 Å². The quantitative estimate of drug-likeness (QED) is 0.769. The van der Waals surface area contributed by atoms with Gasteiger partial charge in [0.2, 0.25) is 0 Å². The lowest BCUT2D eigenvalue weighted by molar-refractivity contribution is -0.138. The fraction of sp³-hybridized carbons (Fsp3) is 0.600. The number of rotatable bonds is 6. The van der Waals surface area contributed by atoms with E-state index in [9.17, 15) is 4.79 Å². The normalized spacial score (nSPS) is 12.7. The Hall–Kier alpha value is -0.720. The molecule has 1 aromatic heterocycles. The summed E-state index contributed by atoms with van der Waals surface area (Å²) in [4.78, 5) is 10.5. The fourth-order valence-electron chi connectivity index (χ4n) is 1.35. The number of carboxylic acid groups (broad SMARTS) is 1. The number of aliphatic carboxylic acids is 1. The average molecular weight is 278 g/mol. The number of nitrogens with zero attached hydrogens (tertiary/aromatic N) is 2. The van der Waals surface area contributed by atoms with Gasteiger partial charge in [-0.1, -0.05) is 11.6 Å². The summed E-state index contributed by atoms with van der Waals surface area (Å²) < 4.78 is 1.63. The van der Waals surface area contributed by atoms with E-state index in [1.54, 1.807) is 23.5 Å². The van der Waals surface area contributed by atoms with E-state index in [1.165, 1.54) is 0 Å². The van der Waals surface area contributed by atoms with Gasteiger partial charge in [0, 0.05) is 18.4 Å². The minimum atomic E-state index is -0.957. The van der Waals surface area contributed by atoms with Crippen LogP contribution in [0.15, 0.2) is 0 Å². The third-order valence-electron chi connectivity index (χ3n) is 2.41. The molecule has 0 fully saturated rings. The summed E-state index contributed by atoms with van der Waals surface area (Å²) in [7, 11) is 1.80. The number of thioether (sulfide) groups is 1. The molecule has 0 aliphatic heterocycles. The summed E-state index contributed by atoms with van der Waals surface area (Å²) in [6.07, 6.45) is 0.455. The van der Waals surface area contributed by atoms with Gasteiger partial charge in [-0.2, -0.15) is 16.9 Å². The van der Waals surface area contributed by atoms with Gasteiger partial charge in [-0.25, -0.2) is 0 Å². The minimum absolute atomic E-state index is 0.455. The zero-order valence-corrected chi connectivity index (χ0v) is 11.4. The largest absolute Gasteiger partial charge is 0.480 e. The molecule has 0 aliphatic rings. The average Bonchev–Trinajstić information content (AvgIpc) is 2.49. The van der Waals surface area contributed by atoms with Crippen molar-refractivity contribution in [3.8, 4) is 0 Å². The third kappa shape index (κ3) is 3.90. The Kier molecular flexibility index (Phi) is 5.30. The second kappa shape index (κ2) is 6.28. The Morgan fingerprint density at radius 3 is 2.82 bits per heavy atom. The first kappa shape index (κ1) is 14.3. The molecule has 1 unspecified atom stereocenters. The van der Waals surface area contributed by atoms with Crippen LogP contribution in [0.2, 0.25) is 5.15 Å². The molecule has 3 N–H and O–H groups in total. The number of aromatic nitrogens is 2. The van der Waals surface area contributed by atoms with E-state index in [0.29, 0.717) is 17.3 Å². The summed E-state index contributed by atoms with van der Waals surface area (Å²) >= 11 is 7.69. The van der Waals surface area contributed by atoms with Gasteiger partial charge in [0.1, 0.15) is 11.2 Å². The molecule has 17 heavy (non-hydrogen) atoms. The van der Waals surface area contributed by atoms with Crippen molar-refractivity contribution in [2.45, 2.75) is 25.1 Å². The molecule has 1 heterocycles. The van der Waals surface area contributed by atoms with Crippen LogP contribution in [0, 0.1) is 6.92 Å². The van der Waals surface area contributed by atoms with Crippen molar-refractivity contribution in [2.24, 2.45) is 12.8 Å². The van der Waals surface area contributed by atoms with Crippen molar-refractivity contribution in [3.05, 3.63) is 16.4 Å². The van der Waals surface area contributed by atoms with E-state index in [-0.39, 0.29) is 0 Å². The first-order valence-electron chi connectivity index (χ1n) is 5.17. The molecule has 0 amide bonds. The van der Waals surface area contributed by atoms with Crippen LogP contribution in [0.25, 0.3) is 0 Å². The third-order valence-corrected chi connectivity index (χ3v) is 3.90. The van der Waals surface area contributed by atoms with Crippen LogP contribution in [0.1, 0.15) is 17.7 Å². The topological polar surface area (TPSA) is 81.1 Å². The fourth-order valence-corrected chi connectivity index (χ4v) is 2.78. The molecule has 1 atom stereocenters. The number of hydrogen-bond acceptors (Lipinski definition) is 4. The predicted octanol–water partition coefficient (Wildman–Crippen LogP) is 1.42. The maximum absolute atomic E-state index is 10.5. The highest BCUT2D eigenvalue weighted by Crippen LogP contribution is 2.24. The minimum Gasteiger partial charge on any atom is -0.480 e. The Bertz CT molecular complexity index is 409. The molecule has 0 aliphatic carbocycles. The highest BCUT2D eigenvalue weighted by Gasteiger charge is 2.13. The van der Waals surface area contributed by atoms with Gasteiger partial charge in [-0.15, -0.1) is 0 Å². The summed E-state index contributed by atoms with van der Waals surface area (Å²) in [6.45, 7) is 1.91. The van der Waals surface area contributed by atoms with E-state index < -0.39 is 12.0 Å². The highest BCUT2D eigenvalue weighted by molar-refractivity contribution is 7.98. The monoisotopic (exact) mass is 277 g/mol. The van der Waals surface area contributed by atoms with E-state index in [0.717, 1.165) is 17.0 Å². The van der Waals surface area contributed by atoms with Crippen molar-refractivity contribution >= 4 is 29.3 Å². The lowest BCUT2D eigenvalue weighted by Gasteiger charge is -2.05.